The summed E-state index contributed by atoms with van der Waals surface area (Å²) in [6.07, 6.45) is 1.90. The molecule has 2 atom stereocenters. The maximum Gasteiger partial charge on any atom is 0.331 e. The van der Waals surface area contributed by atoms with E-state index in [1.807, 2.05) is 79.7 Å². The predicted molar refractivity (Wildman–Crippen MR) is 128 cm³/mol. The lowest BCUT2D eigenvalue weighted by Crippen LogP contribution is -2.36. The van der Waals surface area contributed by atoms with Crippen LogP contribution in [0.25, 0.3) is 11.6 Å². The number of nitrogens with zero attached hydrogens (tertiary/aromatic N) is 1. The molecule has 0 spiro atoms. The molecular weight excluding hydrogens is 410 g/mol. The van der Waals surface area contributed by atoms with Gasteiger partial charge in [0.1, 0.15) is 0 Å². The van der Waals surface area contributed by atoms with Gasteiger partial charge < -0.3 is 4.74 Å². The highest BCUT2D eigenvalue weighted by atomic mass is 16.5. The number of ketones is 1. The van der Waals surface area contributed by atoms with Crippen molar-refractivity contribution in [1.82, 2.24) is 0 Å². The van der Waals surface area contributed by atoms with E-state index < -0.39 is 17.3 Å². The molecule has 3 aromatic rings. The number of Topliss-reactive ketones (excluding diaryl/α,β-unsaturated/α-hetero) is 1. The zero-order chi connectivity index (χ0) is 23.4. The summed E-state index contributed by atoms with van der Waals surface area (Å²) in [5.41, 5.74) is 3.07. The third kappa shape index (κ3) is 3.99. The number of rotatable bonds is 6. The zero-order valence-electron chi connectivity index (χ0n) is 18.7. The van der Waals surface area contributed by atoms with Gasteiger partial charge in [0.15, 0.2) is 11.2 Å². The van der Waals surface area contributed by atoms with Crippen LogP contribution in [0, 0.1) is 23.7 Å². The van der Waals surface area contributed by atoms with Gasteiger partial charge >= 0.3 is 5.97 Å². The quantitative estimate of drug-likeness (QED) is 0.353. The normalized spacial score (nSPS) is 20.2. The Bertz CT molecular complexity index is 1250. The Labute approximate surface area is 194 Å². The molecule has 0 aromatic heterocycles. The standard InChI is InChI=1S/C29H25NO3/c1-3-33-28(32)29(19-30)25(17-21-9-5-4-6-10-21)23-11-7-8-12-24(23)26(29)18-27(31)22-15-13-20(2)14-16-22/h4-17,26H,3,18H2,1-2H3/b25-17+. The highest BCUT2D eigenvalue weighted by Crippen LogP contribution is 2.57. The molecule has 0 radical (unpaired) electrons. The Hall–Kier alpha value is -3.97. The molecule has 2 unspecified atom stereocenters. The van der Waals surface area contributed by atoms with Crippen molar-refractivity contribution in [3.05, 3.63) is 107 Å². The average molecular weight is 436 g/mol. The molecule has 4 rings (SSSR count). The predicted octanol–water partition coefficient (Wildman–Crippen LogP) is 5.98. The summed E-state index contributed by atoms with van der Waals surface area (Å²) >= 11 is 0. The zero-order valence-corrected chi connectivity index (χ0v) is 18.7. The van der Waals surface area contributed by atoms with Crippen LogP contribution in [-0.4, -0.2) is 18.4 Å². The van der Waals surface area contributed by atoms with E-state index in [0.717, 1.165) is 22.3 Å². The molecule has 3 aromatic carbocycles. The number of carbonyl (C=O) groups is 2. The lowest BCUT2D eigenvalue weighted by molar-refractivity contribution is -0.149. The first-order valence-corrected chi connectivity index (χ1v) is 11.1. The number of nitriles is 1. The minimum absolute atomic E-state index is 0.0264. The number of hydrogen-bond donors (Lipinski definition) is 0. The van der Waals surface area contributed by atoms with Gasteiger partial charge in [-0.1, -0.05) is 84.4 Å². The summed E-state index contributed by atoms with van der Waals surface area (Å²) in [5, 5.41) is 10.5. The van der Waals surface area contributed by atoms with Crippen molar-refractivity contribution in [2.45, 2.75) is 26.2 Å². The van der Waals surface area contributed by atoms with Gasteiger partial charge in [0, 0.05) is 17.9 Å². The van der Waals surface area contributed by atoms with Crippen LogP contribution in [0.1, 0.15) is 51.9 Å². The van der Waals surface area contributed by atoms with E-state index in [0.29, 0.717) is 11.1 Å². The topological polar surface area (TPSA) is 67.2 Å². The van der Waals surface area contributed by atoms with Crippen LogP contribution in [0.2, 0.25) is 0 Å². The smallest absolute Gasteiger partial charge is 0.331 e. The van der Waals surface area contributed by atoms with E-state index in [-0.39, 0.29) is 18.8 Å². The number of esters is 1. The molecular formula is C29H25NO3. The molecule has 0 saturated carbocycles. The maximum absolute atomic E-state index is 13.4. The van der Waals surface area contributed by atoms with Gasteiger partial charge in [-0.2, -0.15) is 5.26 Å². The molecule has 1 aliphatic rings. The van der Waals surface area contributed by atoms with Crippen LogP contribution in [0.15, 0.2) is 78.9 Å². The minimum Gasteiger partial charge on any atom is -0.465 e. The van der Waals surface area contributed by atoms with Crippen molar-refractivity contribution in [1.29, 1.82) is 5.26 Å². The molecule has 0 bridgehead atoms. The second kappa shape index (κ2) is 9.26. The van der Waals surface area contributed by atoms with Crippen molar-refractivity contribution in [3.8, 4) is 6.07 Å². The first-order valence-electron chi connectivity index (χ1n) is 11.1. The Morgan fingerprint density at radius 2 is 1.67 bits per heavy atom. The fourth-order valence-electron chi connectivity index (χ4n) is 4.57. The third-order valence-electron chi connectivity index (χ3n) is 6.22. The van der Waals surface area contributed by atoms with Gasteiger partial charge in [-0.15, -0.1) is 0 Å². The highest BCUT2D eigenvalue weighted by Gasteiger charge is 2.57. The van der Waals surface area contributed by atoms with E-state index >= 15 is 0 Å². The average Bonchev–Trinajstić information content (AvgIpc) is 3.10. The molecule has 4 nitrogen and oxygen atoms in total. The summed E-state index contributed by atoms with van der Waals surface area (Å²) in [6.45, 7) is 3.83. The molecule has 0 N–H and O–H groups in total. The van der Waals surface area contributed by atoms with Crippen molar-refractivity contribution >= 4 is 23.4 Å². The van der Waals surface area contributed by atoms with Crippen LogP contribution in [0.3, 0.4) is 0 Å². The largest absolute Gasteiger partial charge is 0.465 e. The Morgan fingerprint density at radius 3 is 2.33 bits per heavy atom. The summed E-state index contributed by atoms with van der Waals surface area (Å²) < 4.78 is 5.44. The lowest BCUT2D eigenvalue weighted by Gasteiger charge is -2.28. The third-order valence-corrected chi connectivity index (χ3v) is 6.22. The highest BCUT2D eigenvalue weighted by molar-refractivity contribution is 6.07. The number of carbonyl (C=O) groups excluding carboxylic acids is 2. The minimum atomic E-state index is -1.62. The number of fused-ring (bicyclic) bond motifs is 1. The van der Waals surface area contributed by atoms with E-state index in [9.17, 15) is 14.9 Å². The molecule has 0 aliphatic heterocycles. The van der Waals surface area contributed by atoms with Crippen molar-refractivity contribution in [2.75, 3.05) is 6.61 Å². The second-order valence-electron chi connectivity index (χ2n) is 8.24. The molecule has 0 amide bonds. The monoisotopic (exact) mass is 435 g/mol. The summed E-state index contributed by atoms with van der Waals surface area (Å²) in [6, 6.07) is 26.8. The van der Waals surface area contributed by atoms with E-state index in [1.165, 1.54) is 0 Å². The Balaban J connectivity index is 1.89. The number of ether oxygens (including phenoxy) is 1. The van der Waals surface area contributed by atoms with Crippen molar-refractivity contribution in [2.24, 2.45) is 5.41 Å². The number of benzene rings is 3. The number of aryl methyl sites for hydroxylation is 1. The lowest BCUT2D eigenvalue weighted by atomic mass is 9.71. The van der Waals surface area contributed by atoms with E-state index in [1.54, 1.807) is 19.1 Å². The van der Waals surface area contributed by atoms with Gasteiger partial charge in [0.25, 0.3) is 0 Å². The first-order chi connectivity index (χ1) is 16.0. The van der Waals surface area contributed by atoms with Gasteiger partial charge in [-0.05, 0) is 42.2 Å². The summed E-state index contributed by atoms with van der Waals surface area (Å²) in [4.78, 5) is 26.7. The Kier molecular flexibility index (Phi) is 6.24. The fourth-order valence-corrected chi connectivity index (χ4v) is 4.57. The summed E-state index contributed by atoms with van der Waals surface area (Å²) in [7, 11) is 0. The van der Waals surface area contributed by atoms with E-state index in [2.05, 4.69) is 6.07 Å². The maximum atomic E-state index is 13.4. The Morgan fingerprint density at radius 1 is 1.00 bits per heavy atom. The molecule has 33 heavy (non-hydrogen) atoms. The number of hydrogen-bond acceptors (Lipinski definition) is 4. The van der Waals surface area contributed by atoms with Crippen molar-refractivity contribution in [3.63, 3.8) is 0 Å². The fraction of sp³-hybridized carbons (Fsp3) is 0.207. The first kappa shape index (κ1) is 22.2. The summed E-state index contributed by atoms with van der Waals surface area (Å²) in [5.74, 6) is -1.38. The SMILES string of the molecule is CCOC(=O)C1(C#N)/C(=C/c2ccccc2)c2ccccc2C1CC(=O)c1ccc(C)cc1. The molecule has 0 saturated heterocycles. The molecule has 0 fully saturated rings. The van der Waals surface area contributed by atoms with Crippen LogP contribution in [-0.2, 0) is 9.53 Å². The molecule has 164 valence electrons. The van der Waals surface area contributed by atoms with Gasteiger partial charge in [0.05, 0.1) is 12.7 Å². The second-order valence-corrected chi connectivity index (χ2v) is 8.24. The molecule has 1 aliphatic carbocycles. The van der Waals surface area contributed by atoms with Crippen LogP contribution < -0.4 is 0 Å². The van der Waals surface area contributed by atoms with Gasteiger partial charge in [-0.25, -0.2) is 4.79 Å². The van der Waals surface area contributed by atoms with Crippen LogP contribution >= 0.6 is 0 Å². The van der Waals surface area contributed by atoms with E-state index in [4.69, 9.17) is 4.74 Å². The van der Waals surface area contributed by atoms with Gasteiger partial charge in [0.2, 0.25) is 0 Å². The van der Waals surface area contributed by atoms with Gasteiger partial charge in [-0.3, -0.25) is 4.79 Å². The van der Waals surface area contributed by atoms with Crippen LogP contribution in [0.4, 0.5) is 0 Å². The molecule has 4 heteroatoms. The molecule has 0 heterocycles. The van der Waals surface area contributed by atoms with Crippen molar-refractivity contribution < 1.29 is 14.3 Å². The van der Waals surface area contributed by atoms with Crippen LogP contribution in [0.5, 0.6) is 0 Å².